The Balaban J connectivity index is 2.85. The first-order valence-electron chi connectivity index (χ1n) is 4.14. The van der Waals surface area contributed by atoms with E-state index in [9.17, 15) is 4.79 Å². The number of hydrogen-bond donors (Lipinski definition) is 1. The highest BCUT2D eigenvalue weighted by Crippen LogP contribution is 2.12. The molecule has 0 atom stereocenters. The predicted molar refractivity (Wildman–Crippen MR) is 49.8 cm³/mol. The summed E-state index contributed by atoms with van der Waals surface area (Å²) in [5.41, 5.74) is 0.563. The van der Waals surface area contributed by atoms with Crippen LogP contribution >= 0.6 is 0 Å². The van der Waals surface area contributed by atoms with E-state index < -0.39 is 0 Å². The average Bonchev–Trinajstić information content (AvgIpc) is 2.18. The lowest BCUT2D eigenvalue weighted by Gasteiger charge is -2.04. The van der Waals surface area contributed by atoms with Crippen LogP contribution in [0.15, 0.2) is 18.2 Å². The third-order valence-electron chi connectivity index (χ3n) is 1.56. The van der Waals surface area contributed by atoms with E-state index in [1.165, 1.54) is 0 Å². The van der Waals surface area contributed by atoms with Crippen LogP contribution in [0.5, 0.6) is 5.75 Å². The number of benzene rings is 1. The van der Waals surface area contributed by atoms with Gasteiger partial charge in [-0.15, -0.1) is 0 Å². The largest absolute Gasteiger partial charge is 0.494 e. The topological polar surface area (TPSA) is 38.3 Å². The molecule has 0 saturated heterocycles. The molecule has 1 rings (SSSR count). The van der Waals surface area contributed by atoms with Crippen LogP contribution in [0, 0.1) is 6.07 Å². The molecule has 0 saturated carbocycles. The Labute approximate surface area is 77.7 Å². The van der Waals surface area contributed by atoms with E-state index in [1.807, 2.05) is 6.92 Å². The summed E-state index contributed by atoms with van der Waals surface area (Å²) in [6, 6.07) is 7.87. The number of rotatable bonds is 3. The minimum absolute atomic E-state index is 0.127. The van der Waals surface area contributed by atoms with Gasteiger partial charge in [-0.2, -0.15) is 0 Å². The monoisotopic (exact) mass is 178 g/mol. The Kier molecular flexibility index (Phi) is 3.31. The van der Waals surface area contributed by atoms with Gasteiger partial charge in [-0.3, -0.25) is 4.79 Å². The van der Waals surface area contributed by atoms with Crippen LogP contribution in [-0.4, -0.2) is 19.6 Å². The lowest BCUT2D eigenvalue weighted by molar-refractivity contribution is 0.0962. The molecule has 3 heteroatoms. The van der Waals surface area contributed by atoms with Crippen LogP contribution in [0.3, 0.4) is 0 Å². The molecule has 0 aliphatic heterocycles. The first kappa shape index (κ1) is 9.58. The third kappa shape index (κ3) is 2.47. The van der Waals surface area contributed by atoms with Gasteiger partial charge in [0.15, 0.2) is 0 Å². The molecule has 1 amide bonds. The third-order valence-corrected chi connectivity index (χ3v) is 1.56. The lowest BCUT2D eigenvalue weighted by Crippen LogP contribution is -2.17. The summed E-state index contributed by atoms with van der Waals surface area (Å²) in [4.78, 5) is 11.2. The smallest absolute Gasteiger partial charge is 0.251 e. The minimum atomic E-state index is -0.127. The zero-order chi connectivity index (χ0) is 9.68. The SMILES string of the molecule is CCOc1c[c]cc(C(=O)NC)c1. The molecule has 0 aliphatic carbocycles. The van der Waals surface area contributed by atoms with Crippen LogP contribution in [-0.2, 0) is 0 Å². The molecule has 1 radical (unpaired) electrons. The van der Waals surface area contributed by atoms with E-state index in [1.54, 1.807) is 25.2 Å². The van der Waals surface area contributed by atoms with Crippen molar-refractivity contribution < 1.29 is 9.53 Å². The van der Waals surface area contributed by atoms with Crippen LogP contribution < -0.4 is 10.1 Å². The molecule has 1 N–H and O–H groups in total. The second kappa shape index (κ2) is 4.50. The number of carbonyl (C=O) groups is 1. The Morgan fingerprint density at radius 3 is 3.00 bits per heavy atom. The molecule has 0 heterocycles. The Morgan fingerprint density at radius 1 is 1.62 bits per heavy atom. The van der Waals surface area contributed by atoms with Crippen molar-refractivity contribution in [2.24, 2.45) is 0 Å². The molecule has 0 bridgehead atoms. The average molecular weight is 178 g/mol. The van der Waals surface area contributed by atoms with Gasteiger partial charge in [-0.05, 0) is 31.2 Å². The van der Waals surface area contributed by atoms with Crippen LogP contribution in [0.4, 0.5) is 0 Å². The standard InChI is InChI=1S/C10H12NO2/c1-3-13-9-6-4-5-8(7-9)10(12)11-2/h5-7H,3H2,1-2H3,(H,11,12). The molecule has 0 aliphatic rings. The van der Waals surface area contributed by atoms with E-state index in [0.29, 0.717) is 17.9 Å². The second-order valence-corrected chi connectivity index (χ2v) is 2.47. The molecule has 13 heavy (non-hydrogen) atoms. The van der Waals surface area contributed by atoms with Crippen molar-refractivity contribution in [2.75, 3.05) is 13.7 Å². The van der Waals surface area contributed by atoms with E-state index >= 15 is 0 Å². The van der Waals surface area contributed by atoms with Crippen molar-refractivity contribution in [2.45, 2.75) is 6.92 Å². The van der Waals surface area contributed by atoms with Gasteiger partial charge in [0.1, 0.15) is 5.75 Å². The summed E-state index contributed by atoms with van der Waals surface area (Å²) >= 11 is 0. The maximum atomic E-state index is 11.2. The van der Waals surface area contributed by atoms with E-state index in [4.69, 9.17) is 4.74 Å². The first-order chi connectivity index (χ1) is 6.27. The molecule has 3 nitrogen and oxygen atoms in total. The molecular weight excluding hydrogens is 166 g/mol. The van der Waals surface area contributed by atoms with Gasteiger partial charge < -0.3 is 10.1 Å². The van der Waals surface area contributed by atoms with Crippen molar-refractivity contribution in [1.29, 1.82) is 0 Å². The molecule has 0 unspecified atom stereocenters. The fourth-order valence-electron chi connectivity index (χ4n) is 0.976. The van der Waals surface area contributed by atoms with Crippen LogP contribution in [0.25, 0.3) is 0 Å². The van der Waals surface area contributed by atoms with Gasteiger partial charge in [0.2, 0.25) is 0 Å². The molecule has 1 aromatic carbocycles. The Hall–Kier alpha value is -1.51. The fraction of sp³-hybridized carbons (Fsp3) is 0.300. The van der Waals surface area contributed by atoms with Crippen LogP contribution in [0.1, 0.15) is 17.3 Å². The minimum Gasteiger partial charge on any atom is -0.494 e. The van der Waals surface area contributed by atoms with Crippen molar-refractivity contribution in [3.8, 4) is 5.75 Å². The van der Waals surface area contributed by atoms with Gasteiger partial charge in [0.25, 0.3) is 5.91 Å². The van der Waals surface area contributed by atoms with E-state index in [2.05, 4.69) is 11.4 Å². The highest BCUT2D eigenvalue weighted by Gasteiger charge is 2.03. The summed E-state index contributed by atoms with van der Waals surface area (Å²) in [7, 11) is 1.59. The normalized spacial score (nSPS) is 9.38. The molecule has 0 aromatic heterocycles. The summed E-state index contributed by atoms with van der Waals surface area (Å²) in [6.07, 6.45) is 0. The van der Waals surface area contributed by atoms with Crippen molar-refractivity contribution in [3.63, 3.8) is 0 Å². The van der Waals surface area contributed by atoms with Crippen molar-refractivity contribution in [1.82, 2.24) is 5.32 Å². The quantitative estimate of drug-likeness (QED) is 0.756. The maximum absolute atomic E-state index is 11.2. The summed E-state index contributed by atoms with van der Waals surface area (Å²) in [6.45, 7) is 2.48. The Morgan fingerprint density at radius 2 is 2.38 bits per heavy atom. The lowest BCUT2D eigenvalue weighted by atomic mass is 10.2. The molecule has 0 spiro atoms. The zero-order valence-electron chi connectivity index (χ0n) is 7.76. The number of nitrogens with one attached hydrogen (secondary N) is 1. The highest BCUT2D eigenvalue weighted by molar-refractivity contribution is 5.94. The second-order valence-electron chi connectivity index (χ2n) is 2.47. The Bertz CT molecular complexity index is 297. The summed E-state index contributed by atoms with van der Waals surface area (Å²) in [5, 5.41) is 2.54. The van der Waals surface area contributed by atoms with Gasteiger partial charge in [0.05, 0.1) is 6.61 Å². The van der Waals surface area contributed by atoms with E-state index in [-0.39, 0.29) is 5.91 Å². The molecule has 0 fully saturated rings. The summed E-state index contributed by atoms with van der Waals surface area (Å²) < 4.78 is 5.23. The van der Waals surface area contributed by atoms with Gasteiger partial charge in [0, 0.05) is 12.6 Å². The van der Waals surface area contributed by atoms with Crippen molar-refractivity contribution >= 4 is 5.91 Å². The van der Waals surface area contributed by atoms with Gasteiger partial charge in [-0.1, -0.05) is 0 Å². The maximum Gasteiger partial charge on any atom is 0.251 e. The molecular formula is C10H12NO2. The number of amides is 1. The number of ether oxygens (including phenoxy) is 1. The molecule has 69 valence electrons. The van der Waals surface area contributed by atoms with Gasteiger partial charge in [-0.25, -0.2) is 0 Å². The zero-order valence-corrected chi connectivity index (χ0v) is 7.76. The first-order valence-corrected chi connectivity index (χ1v) is 4.14. The highest BCUT2D eigenvalue weighted by atomic mass is 16.5. The number of hydrogen-bond acceptors (Lipinski definition) is 2. The molecule has 1 aromatic rings. The van der Waals surface area contributed by atoms with Gasteiger partial charge >= 0.3 is 0 Å². The fourth-order valence-corrected chi connectivity index (χ4v) is 0.976. The van der Waals surface area contributed by atoms with Crippen LogP contribution in [0.2, 0.25) is 0 Å². The summed E-state index contributed by atoms with van der Waals surface area (Å²) in [5.74, 6) is 0.543. The van der Waals surface area contributed by atoms with Crippen molar-refractivity contribution in [3.05, 3.63) is 29.8 Å². The number of carbonyl (C=O) groups excluding carboxylic acids is 1. The predicted octanol–water partition coefficient (Wildman–Crippen LogP) is 1.25. The van der Waals surface area contributed by atoms with E-state index in [0.717, 1.165) is 0 Å².